The highest BCUT2D eigenvalue weighted by Gasteiger charge is 2.15. The average Bonchev–Trinajstić information content (AvgIpc) is 2.62. The minimum absolute atomic E-state index is 0.00558. The number of nitrogens with zero attached hydrogens (tertiary/aromatic N) is 2. The zero-order valence-electron chi connectivity index (χ0n) is 14.7. The van der Waals surface area contributed by atoms with E-state index in [4.69, 9.17) is 0 Å². The molecule has 0 bridgehead atoms. The van der Waals surface area contributed by atoms with Gasteiger partial charge in [-0.25, -0.2) is 23.1 Å². The van der Waals surface area contributed by atoms with Crippen LogP contribution in [0.25, 0.3) is 11.4 Å². The Balaban J connectivity index is 1.84. The largest absolute Gasteiger partial charge is 0.369 e. The number of aryl methyl sites for hydroxylation is 1. The number of anilines is 1. The number of hydrogen-bond donors (Lipinski definition) is 2. The molecule has 1 atom stereocenters. The molecule has 2 heterocycles. The Morgan fingerprint density at radius 1 is 1.07 bits per heavy atom. The Morgan fingerprint density at radius 3 is 2.56 bits per heavy atom. The Hall–Kier alpha value is -3.16. The summed E-state index contributed by atoms with van der Waals surface area (Å²) < 4.78 is 40.6. The van der Waals surface area contributed by atoms with Gasteiger partial charge >= 0.3 is 0 Å². The van der Waals surface area contributed by atoms with Crippen molar-refractivity contribution in [2.75, 3.05) is 11.9 Å². The summed E-state index contributed by atoms with van der Waals surface area (Å²) in [6.07, 6.45) is 1.58. The molecule has 0 fully saturated rings. The van der Waals surface area contributed by atoms with E-state index in [2.05, 4.69) is 20.3 Å². The van der Waals surface area contributed by atoms with E-state index >= 15 is 0 Å². The van der Waals surface area contributed by atoms with Crippen molar-refractivity contribution in [1.82, 2.24) is 15.0 Å². The topological polar surface area (TPSA) is 70.7 Å². The number of rotatable bonds is 5. The molecule has 27 heavy (non-hydrogen) atoms. The van der Waals surface area contributed by atoms with Gasteiger partial charge in [-0.15, -0.1) is 0 Å². The number of halogens is 3. The van der Waals surface area contributed by atoms with Crippen LogP contribution in [0.1, 0.15) is 24.1 Å². The van der Waals surface area contributed by atoms with E-state index in [-0.39, 0.29) is 22.9 Å². The van der Waals surface area contributed by atoms with Crippen molar-refractivity contribution in [3.63, 3.8) is 0 Å². The maximum Gasteiger partial charge on any atom is 0.248 e. The molecule has 2 N–H and O–H groups in total. The lowest BCUT2D eigenvalue weighted by Crippen LogP contribution is -2.14. The fourth-order valence-electron chi connectivity index (χ4n) is 2.62. The van der Waals surface area contributed by atoms with Crippen LogP contribution in [-0.2, 0) is 0 Å². The summed E-state index contributed by atoms with van der Waals surface area (Å²) in [5.41, 5.74) is 0.982. The highest BCUT2D eigenvalue weighted by molar-refractivity contribution is 5.58. The van der Waals surface area contributed by atoms with E-state index in [1.54, 1.807) is 25.3 Å². The van der Waals surface area contributed by atoms with Gasteiger partial charge in [-0.3, -0.25) is 4.79 Å². The van der Waals surface area contributed by atoms with Gasteiger partial charge in [-0.05, 0) is 30.5 Å². The van der Waals surface area contributed by atoms with Crippen molar-refractivity contribution < 1.29 is 13.2 Å². The van der Waals surface area contributed by atoms with Gasteiger partial charge in [-0.2, -0.15) is 0 Å². The molecule has 2 aromatic heterocycles. The SMILES string of the molecule is Cc1cc(NCC(C)c2cc[nH]c(=O)c2)nc(-c2cc(F)c(F)cc2F)n1. The third-order valence-corrected chi connectivity index (χ3v) is 4.06. The minimum Gasteiger partial charge on any atom is -0.369 e. The summed E-state index contributed by atoms with van der Waals surface area (Å²) in [7, 11) is 0. The fourth-order valence-corrected chi connectivity index (χ4v) is 2.62. The van der Waals surface area contributed by atoms with Gasteiger partial charge < -0.3 is 10.3 Å². The Labute approximate surface area is 153 Å². The lowest BCUT2D eigenvalue weighted by Gasteiger charge is -2.14. The third kappa shape index (κ3) is 4.33. The van der Waals surface area contributed by atoms with Crippen LogP contribution in [0, 0.1) is 24.4 Å². The van der Waals surface area contributed by atoms with Crippen LogP contribution in [0.15, 0.2) is 41.3 Å². The average molecular weight is 374 g/mol. The molecule has 0 aliphatic carbocycles. The first-order valence-corrected chi connectivity index (χ1v) is 8.26. The first-order chi connectivity index (χ1) is 12.8. The summed E-state index contributed by atoms with van der Waals surface area (Å²) in [5, 5.41) is 3.11. The Morgan fingerprint density at radius 2 is 1.81 bits per heavy atom. The Kier molecular flexibility index (Phi) is 5.25. The summed E-state index contributed by atoms with van der Waals surface area (Å²) in [4.78, 5) is 22.3. The smallest absolute Gasteiger partial charge is 0.248 e. The summed E-state index contributed by atoms with van der Waals surface area (Å²) in [5.74, 6) is -3.01. The second kappa shape index (κ2) is 7.61. The lowest BCUT2D eigenvalue weighted by molar-refractivity contribution is 0.496. The molecule has 0 saturated carbocycles. The zero-order valence-corrected chi connectivity index (χ0v) is 14.7. The standard InChI is InChI=1S/C19H17F3N4O/c1-10(12-3-4-23-18(27)6-12)9-24-17-5-11(2)25-19(26-17)13-7-15(21)16(22)8-14(13)20/h3-8,10H,9H2,1-2H3,(H,23,27)(H,24,25,26). The van der Waals surface area contributed by atoms with Crippen LogP contribution in [0.5, 0.6) is 0 Å². The molecule has 8 heteroatoms. The summed E-state index contributed by atoms with van der Waals surface area (Å²) in [6, 6.07) is 6.19. The van der Waals surface area contributed by atoms with Gasteiger partial charge in [0, 0.05) is 36.6 Å². The van der Waals surface area contributed by atoms with Crippen molar-refractivity contribution in [1.29, 1.82) is 0 Å². The Bertz CT molecular complexity index is 1040. The van der Waals surface area contributed by atoms with Crippen LogP contribution in [0.4, 0.5) is 19.0 Å². The van der Waals surface area contributed by atoms with E-state index in [0.717, 1.165) is 11.6 Å². The molecule has 3 aromatic rings. The van der Waals surface area contributed by atoms with Crippen LogP contribution >= 0.6 is 0 Å². The lowest BCUT2D eigenvalue weighted by atomic mass is 10.0. The molecule has 0 amide bonds. The van der Waals surface area contributed by atoms with Gasteiger partial charge in [0.05, 0.1) is 5.56 Å². The van der Waals surface area contributed by atoms with Crippen molar-refractivity contribution in [2.24, 2.45) is 0 Å². The number of hydrogen-bond acceptors (Lipinski definition) is 4. The quantitative estimate of drug-likeness (QED) is 0.667. The van der Waals surface area contributed by atoms with Gasteiger partial charge in [0.1, 0.15) is 11.6 Å². The van der Waals surface area contributed by atoms with Crippen molar-refractivity contribution in [3.8, 4) is 11.4 Å². The minimum atomic E-state index is -1.27. The second-order valence-electron chi connectivity index (χ2n) is 6.23. The monoisotopic (exact) mass is 374 g/mol. The van der Waals surface area contributed by atoms with Crippen LogP contribution < -0.4 is 10.9 Å². The van der Waals surface area contributed by atoms with E-state index < -0.39 is 17.5 Å². The molecule has 1 unspecified atom stereocenters. The van der Waals surface area contributed by atoms with Crippen molar-refractivity contribution in [2.45, 2.75) is 19.8 Å². The molecule has 1 aromatic carbocycles. The van der Waals surface area contributed by atoms with Gasteiger partial charge in [0.2, 0.25) is 5.56 Å². The van der Waals surface area contributed by atoms with Gasteiger partial charge in [-0.1, -0.05) is 6.92 Å². The predicted molar refractivity (Wildman–Crippen MR) is 96.0 cm³/mol. The highest BCUT2D eigenvalue weighted by atomic mass is 19.2. The van der Waals surface area contributed by atoms with Crippen LogP contribution in [0.2, 0.25) is 0 Å². The first kappa shape index (κ1) is 18.6. The van der Waals surface area contributed by atoms with Crippen LogP contribution in [0.3, 0.4) is 0 Å². The fraction of sp³-hybridized carbons (Fsp3) is 0.211. The molecule has 0 aliphatic heterocycles. The number of benzene rings is 1. The summed E-state index contributed by atoms with van der Waals surface area (Å²) >= 11 is 0. The molecule has 3 rings (SSSR count). The van der Waals surface area contributed by atoms with Crippen LogP contribution in [-0.4, -0.2) is 21.5 Å². The number of aromatic nitrogens is 3. The molecule has 0 spiro atoms. The molecule has 0 radical (unpaired) electrons. The molecule has 5 nitrogen and oxygen atoms in total. The molecule has 0 aliphatic rings. The third-order valence-electron chi connectivity index (χ3n) is 4.06. The number of pyridine rings is 1. The molecular formula is C19H17F3N4O. The van der Waals surface area contributed by atoms with Gasteiger partial charge in [0.15, 0.2) is 17.5 Å². The normalized spacial score (nSPS) is 12.0. The zero-order chi connectivity index (χ0) is 19.6. The van der Waals surface area contributed by atoms with Crippen molar-refractivity contribution >= 4 is 5.82 Å². The summed E-state index contributed by atoms with van der Waals surface area (Å²) in [6.45, 7) is 4.08. The highest BCUT2D eigenvalue weighted by Crippen LogP contribution is 2.24. The van der Waals surface area contributed by atoms with E-state index in [1.807, 2.05) is 6.92 Å². The number of aromatic amines is 1. The number of nitrogens with one attached hydrogen (secondary N) is 2. The maximum absolute atomic E-state index is 14.0. The van der Waals surface area contributed by atoms with E-state index in [1.165, 1.54) is 6.07 Å². The van der Waals surface area contributed by atoms with E-state index in [0.29, 0.717) is 24.1 Å². The molecule has 140 valence electrons. The van der Waals surface area contributed by atoms with Crippen molar-refractivity contribution in [3.05, 3.63) is 75.6 Å². The van der Waals surface area contributed by atoms with E-state index in [9.17, 15) is 18.0 Å². The maximum atomic E-state index is 14.0. The first-order valence-electron chi connectivity index (χ1n) is 8.26. The number of H-pyrrole nitrogens is 1. The predicted octanol–water partition coefficient (Wildman–Crippen LogP) is 3.77. The molecule has 0 saturated heterocycles. The molecular weight excluding hydrogens is 357 g/mol. The van der Waals surface area contributed by atoms with Gasteiger partial charge in [0.25, 0.3) is 0 Å². The second-order valence-corrected chi connectivity index (χ2v) is 6.23.